The van der Waals surface area contributed by atoms with Gasteiger partial charge in [0.15, 0.2) is 0 Å². The van der Waals surface area contributed by atoms with Crippen molar-refractivity contribution in [1.29, 1.82) is 0 Å². The second-order valence-electron chi connectivity index (χ2n) is 8.28. The van der Waals surface area contributed by atoms with E-state index in [1.54, 1.807) is 28.9 Å². The molecule has 3 aromatic heterocycles. The highest BCUT2D eigenvalue weighted by molar-refractivity contribution is 5.93. The Kier molecular flexibility index (Phi) is 5.14. The minimum atomic E-state index is -1.04. The molecule has 164 valence electrons. The molecule has 1 N–H and O–H groups in total. The largest absolute Gasteiger partial charge is 0.491 e. The van der Waals surface area contributed by atoms with E-state index >= 15 is 0 Å². The second-order valence-corrected chi connectivity index (χ2v) is 8.28. The summed E-state index contributed by atoms with van der Waals surface area (Å²) in [5, 5.41) is 15.3. The van der Waals surface area contributed by atoms with Crippen LogP contribution in [0.25, 0.3) is 5.65 Å². The van der Waals surface area contributed by atoms with Crippen molar-refractivity contribution in [3.63, 3.8) is 0 Å². The number of aliphatic hydroxyl groups is 1. The lowest BCUT2D eigenvalue weighted by molar-refractivity contribution is 0.0419. The zero-order valence-corrected chi connectivity index (χ0v) is 17.9. The first-order valence-electron chi connectivity index (χ1n) is 10.7. The van der Waals surface area contributed by atoms with Gasteiger partial charge in [-0.3, -0.25) is 9.48 Å². The van der Waals surface area contributed by atoms with Crippen molar-refractivity contribution in [2.75, 3.05) is 13.2 Å². The fourth-order valence-corrected chi connectivity index (χ4v) is 4.01. The highest BCUT2D eigenvalue weighted by Crippen LogP contribution is 2.31. The molecule has 4 aromatic rings. The van der Waals surface area contributed by atoms with Crippen LogP contribution in [0.3, 0.4) is 0 Å². The Morgan fingerprint density at radius 3 is 2.94 bits per heavy atom. The number of aromatic nitrogens is 4. The van der Waals surface area contributed by atoms with E-state index in [1.807, 2.05) is 59.3 Å². The highest BCUT2D eigenvalue weighted by Gasteiger charge is 2.27. The molecule has 1 unspecified atom stereocenters. The summed E-state index contributed by atoms with van der Waals surface area (Å²) in [6.07, 6.45) is 7.74. The van der Waals surface area contributed by atoms with Gasteiger partial charge in [0.2, 0.25) is 0 Å². The molecule has 0 fully saturated rings. The lowest BCUT2D eigenvalue weighted by Crippen LogP contribution is -2.32. The van der Waals surface area contributed by atoms with Crippen LogP contribution >= 0.6 is 0 Å². The summed E-state index contributed by atoms with van der Waals surface area (Å²) in [4.78, 5) is 19.4. The average molecular weight is 431 g/mol. The van der Waals surface area contributed by atoms with Crippen LogP contribution in [-0.4, -0.2) is 48.2 Å². The summed E-state index contributed by atoms with van der Waals surface area (Å²) in [6, 6.07) is 13.2. The Bertz CT molecular complexity index is 1210. The third-order valence-electron chi connectivity index (χ3n) is 5.92. The van der Waals surface area contributed by atoms with Crippen LogP contribution in [0.1, 0.15) is 35.0 Å². The molecule has 0 bridgehead atoms. The van der Waals surface area contributed by atoms with Gasteiger partial charge in [0.25, 0.3) is 5.91 Å². The lowest BCUT2D eigenvalue weighted by Gasteiger charge is -2.25. The quantitative estimate of drug-likeness (QED) is 0.525. The molecule has 0 radical (unpaired) electrons. The van der Waals surface area contributed by atoms with Crippen molar-refractivity contribution >= 4 is 11.6 Å². The first-order chi connectivity index (χ1) is 15.5. The number of hydrogen-bond donors (Lipinski definition) is 1. The Morgan fingerprint density at radius 2 is 2.12 bits per heavy atom. The Balaban J connectivity index is 1.37. The van der Waals surface area contributed by atoms with E-state index in [1.165, 1.54) is 0 Å². The molecular formula is C24H25N5O3. The van der Waals surface area contributed by atoms with E-state index < -0.39 is 5.60 Å². The van der Waals surface area contributed by atoms with Gasteiger partial charge < -0.3 is 19.1 Å². The fourth-order valence-electron chi connectivity index (χ4n) is 4.01. The minimum absolute atomic E-state index is 0.138. The molecule has 1 aromatic carbocycles. The van der Waals surface area contributed by atoms with Gasteiger partial charge in [0.05, 0.1) is 12.1 Å². The number of benzene rings is 1. The molecule has 8 nitrogen and oxygen atoms in total. The van der Waals surface area contributed by atoms with Crippen LogP contribution in [0.2, 0.25) is 0 Å². The average Bonchev–Trinajstić information content (AvgIpc) is 3.42. The molecule has 1 atom stereocenters. The van der Waals surface area contributed by atoms with Gasteiger partial charge in [-0.15, -0.1) is 0 Å². The molecule has 0 spiro atoms. The van der Waals surface area contributed by atoms with Gasteiger partial charge >= 0.3 is 0 Å². The number of pyridine rings is 1. The van der Waals surface area contributed by atoms with Crippen molar-refractivity contribution in [3.05, 3.63) is 84.1 Å². The maximum Gasteiger partial charge on any atom is 0.274 e. The topological polar surface area (TPSA) is 84.9 Å². The third-order valence-corrected chi connectivity index (χ3v) is 5.92. The summed E-state index contributed by atoms with van der Waals surface area (Å²) in [7, 11) is 0. The second kappa shape index (κ2) is 8.12. The van der Waals surface area contributed by atoms with Crippen LogP contribution in [-0.2, 0) is 18.7 Å². The third kappa shape index (κ3) is 3.97. The van der Waals surface area contributed by atoms with E-state index in [0.29, 0.717) is 38.4 Å². The number of fused-ring (bicyclic) bond motifs is 2. The molecule has 1 aliphatic rings. The van der Waals surface area contributed by atoms with Crippen LogP contribution in [0.15, 0.2) is 67.3 Å². The van der Waals surface area contributed by atoms with Gasteiger partial charge in [-0.1, -0.05) is 12.1 Å². The van der Waals surface area contributed by atoms with E-state index in [9.17, 15) is 9.90 Å². The van der Waals surface area contributed by atoms with Crippen molar-refractivity contribution in [2.24, 2.45) is 0 Å². The summed E-state index contributed by atoms with van der Waals surface area (Å²) in [5.41, 5.74) is 1.76. The molecule has 1 aliphatic heterocycles. The van der Waals surface area contributed by atoms with E-state index in [4.69, 9.17) is 4.74 Å². The summed E-state index contributed by atoms with van der Waals surface area (Å²) < 4.78 is 9.53. The SMILES string of the molecule is CC(O)(CCn1cccn1)c1ccc2c(c1)CN(C(=O)c1cn3ccccc3n1)CCO2. The molecular weight excluding hydrogens is 406 g/mol. The molecule has 0 aliphatic carbocycles. The minimum Gasteiger partial charge on any atom is -0.491 e. The molecule has 4 heterocycles. The molecule has 0 saturated carbocycles. The number of hydrogen-bond acceptors (Lipinski definition) is 5. The predicted octanol–water partition coefficient (Wildman–Crippen LogP) is 2.86. The number of imidazole rings is 1. The van der Waals surface area contributed by atoms with Gasteiger partial charge in [-0.25, -0.2) is 4.98 Å². The first kappa shape index (κ1) is 20.3. The van der Waals surface area contributed by atoms with Crippen LogP contribution in [0.5, 0.6) is 5.75 Å². The van der Waals surface area contributed by atoms with Crippen molar-refractivity contribution in [3.8, 4) is 5.75 Å². The Morgan fingerprint density at radius 1 is 1.22 bits per heavy atom. The molecule has 0 saturated heterocycles. The number of carbonyl (C=O) groups excluding carboxylic acids is 1. The smallest absolute Gasteiger partial charge is 0.274 e. The van der Waals surface area contributed by atoms with E-state index in [2.05, 4.69) is 10.1 Å². The molecule has 1 amide bonds. The van der Waals surface area contributed by atoms with Gasteiger partial charge in [-0.2, -0.15) is 5.10 Å². The van der Waals surface area contributed by atoms with E-state index in [0.717, 1.165) is 22.5 Å². The lowest BCUT2D eigenvalue weighted by atomic mass is 9.91. The number of nitrogens with zero attached hydrogens (tertiary/aromatic N) is 5. The number of amides is 1. The zero-order chi connectivity index (χ0) is 22.1. The predicted molar refractivity (Wildman–Crippen MR) is 118 cm³/mol. The van der Waals surface area contributed by atoms with Gasteiger partial charge in [0.1, 0.15) is 23.7 Å². The number of aryl methyl sites for hydroxylation is 1. The standard InChI is InChI=1S/C24H25N5O3/c1-24(31,8-12-29-11-4-9-25-29)19-6-7-21-18(15-19)16-28(13-14-32-21)23(30)20-17-27-10-3-2-5-22(27)26-20/h2-7,9-11,15,17,31H,8,12-14,16H2,1H3. The van der Waals surface area contributed by atoms with Crippen LogP contribution in [0.4, 0.5) is 0 Å². The Hall–Kier alpha value is -3.65. The van der Waals surface area contributed by atoms with Gasteiger partial charge in [0, 0.05) is 43.4 Å². The van der Waals surface area contributed by atoms with Crippen molar-refractivity contribution < 1.29 is 14.6 Å². The fraction of sp³-hybridized carbons (Fsp3) is 0.292. The molecule has 8 heteroatoms. The summed E-state index contributed by atoms with van der Waals surface area (Å²) in [6.45, 7) is 3.67. The molecule has 5 rings (SSSR count). The number of rotatable bonds is 5. The summed E-state index contributed by atoms with van der Waals surface area (Å²) >= 11 is 0. The summed E-state index contributed by atoms with van der Waals surface area (Å²) in [5.74, 6) is 0.600. The van der Waals surface area contributed by atoms with Gasteiger partial charge in [-0.05, 0) is 49.2 Å². The maximum atomic E-state index is 13.2. The molecule has 32 heavy (non-hydrogen) atoms. The van der Waals surface area contributed by atoms with Crippen molar-refractivity contribution in [2.45, 2.75) is 32.0 Å². The maximum absolute atomic E-state index is 13.2. The zero-order valence-electron chi connectivity index (χ0n) is 17.9. The van der Waals surface area contributed by atoms with Crippen LogP contribution in [0, 0.1) is 0 Å². The highest BCUT2D eigenvalue weighted by atomic mass is 16.5. The number of ether oxygens (including phenoxy) is 1. The van der Waals surface area contributed by atoms with Crippen LogP contribution < -0.4 is 4.74 Å². The normalized spacial score (nSPS) is 15.6. The Labute approximate surface area is 185 Å². The van der Waals surface area contributed by atoms with E-state index in [-0.39, 0.29) is 5.91 Å². The number of carbonyl (C=O) groups is 1. The monoisotopic (exact) mass is 431 g/mol. The van der Waals surface area contributed by atoms with Crippen molar-refractivity contribution in [1.82, 2.24) is 24.1 Å². The first-order valence-corrected chi connectivity index (χ1v) is 10.7.